The summed E-state index contributed by atoms with van der Waals surface area (Å²) in [4.78, 5) is 11.5. The zero-order chi connectivity index (χ0) is 9.47. The molecule has 0 aromatic rings. The smallest absolute Gasteiger partial charge is 0.197 e. The fourth-order valence-electron chi connectivity index (χ4n) is 1.43. The van der Waals surface area contributed by atoms with Gasteiger partial charge in [-0.05, 0) is 6.08 Å². The Morgan fingerprint density at radius 3 is 2.85 bits per heavy atom. The Kier molecular flexibility index (Phi) is 1.75. The van der Waals surface area contributed by atoms with E-state index in [1.807, 2.05) is 0 Å². The summed E-state index contributed by atoms with van der Waals surface area (Å²) in [5, 5.41) is 9.01. The highest BCUT2D eigenvalue weighted by molar-refractivity contribution is 6.03. The Hall–Kier alpha value is -1.13. The molecule has 2 rings (SSSR count). The highest BCUT2D eigenvalue weighted by Gasteiger charge is 2.55. The fraction of sp³-hybridized carbons (Fsp3) is 0.444. The van der Waals surface area contributed by atoms with Crippen LogP contribution in [-0.2, 0) is 14.3 Å². The van der Waals surface area contributed by atoms with Crippen molar-refractivity contribution in [1.29, 1.82) is 0 Å². The maximum Gasteiger partial charge on any atom is 0.197 e. The lowest BCUT2D eigenvalue weighted by Crippen LogP contribution is -2.30. The van der Waals surface area contributed by atoms with Gasteiger partial charge in [0.2, 0.25) is 0 Å². The van der Waals surface area contributed by atoms with Crippen molar-refractivity contribution in [3.63, 3.8) is 0 Å². The first-order valence-corrected chi connectivity index (χ1v) is 3.99. The summed E-state index contributed by atoms with van der Waals surface area (Å²) in [7, 11) is 1.48. The van der Waals surface area contributed by atoms with E-state index in [1.165, 1.54) is 13.2 Å². The van der Waals surface area contributed by atoms with Crippen molar-refractivity contribution in [2.75, 3.05) is 20.3 Å². The van der Waals surface area contributed by atoms with Crippen LogP contribution in [0, 0.1) is 0 Å². The van der Waals surface area contributed by atoms with Gasteiger partial charge in [0.25, 0.3) is 0 Å². The molecule has 0 aromatic carbocycles. The summed E-state index contributed by atoms with van der Waals surface area (Å²) in [5.41, 5.74) is -0.270. The zero-order valence-corrected chi connectivity index (χ0v) is 7.24. The molecule has 1 atom stereocenters. The lowest BCUT2D eigenvalue weighted by Gasteiger charge is -2.16. The van der Waals surface area contributed by atoms with E-state index in [4.69, 9.17) is 14.6 Å². The number of epoxide rings is 1. The van der Waals surface area contributed by atoms with Crippen molar-refractivity contribution < 1.29 is 19.4 Å². The first kappa shape index (κ1) is 8.47. The summed E-state index contributed by atoms with van der Waals surface area (Å²) in [6.07, 6.45) is 3.04. The van der Waals surface area contributed by atoms with Crippen LogP contribution in [0.4, 0.5) is 0 Å². The molecule has 1 aliphatic carbocycles. The Bertz CT molecular complexity index is 310. The summed E-state index contributed by atoms with van der Waals surface area (Å²) >= 11 is 0. The molecule has 1 fully saturated rings. The number of carbonyl (C=O) groups is 1. The van der Waals surface area contributed by atoms with Gasteiger partial charge < -0.3 is 14.6 Å². The summed E-state index contributed by atoms with van der Waals surface area (Å²) in [5.74, 6) is 0.325. The summed E-state index contributed by atoms with van der Waals surface area (Å²) in [6.45, 7) is 0.193. The number of ether oxygens (including phenoxy) is 2. The molecule has 0 saturated carbocycles. The Morgan fingerprint density at radius 2 is 2.38 bits per heavy atom. The van der Waals surface area contributed by atoms with E-state index in [-0.39, 0.29) is 12.4 Å². The average Bonchev–Trinajstić information content (AvgIpc) is 2.91. The minimum atomic E-state index is -0.850. The molecule has 70 valence electrons. The predicted molar refractivity (Wildman–Crippen MR) is 44.0 cm³/mol. The zero-order valence-electron chi connectivity index (χ0n) is 7.24. The first-order valence-electron chi connectivity index (χ1n) is 3.99. The third-order valence-electron chi connectivity index (χ3n) is 2.35. The van der Waals surface area contributed by atoms with Gasteiger partial charge in [0.05, 0.1) is 20.3 Å². The van der Waals surface area contributed by atoms with E-state index < -0.39 is 5.60 Å². The first-order chi connectivity index (χ1) is 6.23. The summed E-state index contributed by atoms with van der Waals surface area (Å²) in [6, 6.07) is 0. The van der Waals surface area contributed by atoms with Gasteiger partial charge in [0.15, 0.2) is 11.4 Å². The lowest BCUT2D eigenvalue weighted by atomic mass is 9.90. The van der Waals surface area contributed by atoms with Gasteiger partial charge in [0.1, 0.15) is 5.76 Å². The minimum absolute atomic E-state index is 0.143. The van der Waals surface area contributed by atoms with Crippen LogP contribution in [0.2, 0.25) is 0 Å². The van der Waals surface area contributed by atoms with Gasteiger partial charge in [0, 0.05) is 11.6 Å². The largest absolute Gasteiger partial charge is 0.497 e. The monoisotopic (exact) mass is 182 g/mol. The molecule has 2 aliphatic rings. The molecule has 1 aliphatic heterocycles. The molecule has 1 saturated heterocycles. The van der Waals surface area contributed by atoms with Crippen LogP contribution >= 0.6 is 0 Å². The number of ketones is 1. The second-order valence-corrected chi connectivity index (χ2v) is 3.06. The van der Waals surface area contributed by atoms with E-state index in [2.05, 4.69) is 0 Å². The highest BCUT2D eigenvalue weighted by Crippen LogP contribution is 2.39. The number of hydrogen-bond acceptors (Lipinski definition) is 4. The van der Waals surface area contributed by atoms with Gasteiger partial charge in [-0.2, -0.15) is 0 Å². The number of hydrogen-bond donors (Lipinski definition) is 1. The van der Waals surface area contributed by atoms with Crippen LogP contribution < -0.4 is 0 Å². The number of aliphatic hydroxyl groups is 1. The molecule has 0 aromatic heterocycles. The number of methoxy groups -OCH3 is 1. The molecule has 1 N–H and O–H groups in total. The minimum Gasteiger partial charge on any atom is -0.497 e. The van der Waals surface area contributed by atoms with Crippen LogP contribution in [0.25, 0.3) is 0 Å². The van der Waals surface area contributed by atoms with Crippen molar-refractivity contribution >= 4 is 5.78 Å². The third kappa shape index (κ3) is 1.10. The van der Waals surface area contributed by atoms with Gasteiger partial charge >= 0.3 is 0 Å². The maximum atomic E-state index is 11.5. The SMILES string of the molecule is COC1=CC(=O)[C@]2(CO2)C(CO)=C1. The maximum absolute atomic E-state index is 11.5. The molecule has 4 heteroatoms. The normalized spacial score (nSPS) is 31.4. The number of aliphatic hydroxyl groups excluding tert-OH is 1. The second kappa shape index (κ2) is 2.68. The van der Waals surface area contributed by atoms with Crippen LogP contribution in [0.5, 0.6) is 0 Å². The average molecular weight is 182 g/mol. The van der Waals surface area contributed by atoms with Crippen molar-refractivity contribution in [2.24, 2.45) is 0 Å². The Balaban J connectivity index is 2.35. The second-order valence-electron chi connectivity index (χ2n) is 3.06. The molecule has 1 heterocycles. The fourth-order valence-corrected chi connectivity index (χ4v) is 1.43. The molecular formula is C9H10O4. The standard InChI is InChI=1S/C9H10O4/c1-12-7-2-6(4-10)9(5-13-9)8(11)3-7/h2-3,10H,4-5H2,1H3/t9-/m0/s1. The molecule has 0 bridgehead atoms. The molecule has 0 radical (unpaired) electrons. The van der Waals surface area contributed by atoms with Crippen molar-refractivity contribution in [3.05, 3.63) is 23.5 Å². The van der Waals surface area contributed by atoms with Crippen LogP contribution in [0.3, 0.4) is 0 Å². The van der Waals surface area contributed by atoms with Crippen molar-refractivity contribution in [1.82, 2.24) is 0 Å². The van der Waals surface area contributed by atoms with Crippen LogP contribution in [-0.4, -0.2) is 36.8 Å². The molecule has 4 nitrogen and oxygen atoms in total. The number of carbonyl (C=O) groups excluding carboxylic acids is 1. The number of rotatable bonds is 2. The Morgan fingerprint density at radius 1 is 1.69 bits per heavy atom. The van der Waals surface area contributed by atoms with Gasteiger partial charge in [-0.25, -0.2) is 0 Å². The Labute approximate surface area is 75.5 Å². The van der Waals surface area contributed by atoms with E-state index in [9.17, 15) is 4.79 Å². The van der Waals surface area contributed by atoms with Crippen LogP contribution in [0.1, 0.15) is 0 Å². The topological polar surface area (TPSA) is 59.1 Å². The molecule has 0 unspecified atom stereocenters. The number of allylic oxidation sites excluding steroid dienone is 1. The molecule has 1 spiro atoms. The van der Waals surface area contributed by atoms with Gasteiger partial charge in [-0.15, -0.1) is 0 Å². The van der Waals surface area contributed by atoms with E-state index in [0.717, 1.165) is 0 Å². The predicted octanol–water partition coefficient (Wildman–Crippen LogP) is -0.213. The lowest BCUT2D eigenvalue weighted by molar-refractivity contribution is -0.118. The summed E-state index contributed by atoms with van der Waals surface area (Å²) < 4.78 is 9.98. The van der Waals surface area contributed by atoms with Gasteiger partial charge in [-0.1, -0.05) is 0 Å². The third-order valence-corrected chi connectivity index (χ3v) is 2.35. The van der Waals surface area contributed by atoms with Gasteiger partial charge in [-0.3, -0.25) is 4.79 Å². The molecule has 13 heavy (non-hydrogen) atoms. The van der Waals surface area contributed by atoms with E-state index >= 15 is 0 Å². The quantitative estimate of drug-likeness (QED) is 0.600. The van der Waals surface area contributed by atoms with E-state index in [0.29, 0.717) is 17.9 Å². The highest BCUT2D eigenvalue weighted by atomic mass is 16.6. The van der Waals surface area contributed by atoms with Crippen molar-refractivity contribution in [3.8, 4) is 0 Å². The van der Waals surface area contributed by atoms with Crippen LogP contribution in [0.15, 0.2) is 23.5 Å². The van der Waals surface area contributed by atoms with E-state index in [1.54, 1.807) is 6.08 Å². The molecule has 0 amide bonds. The van der Waals surface area contributed by atoms with Crippen molar-refractivity contribution in [2.45, 2.75) is 5.60 Å². The molecular weight excluding hydrogens is 172 g/mol.